The maximum Gasteiger partial charge on any atom is 0.249 e. The van der Waals surface area contributed by atoms with Crippen molar-refractivity contribution in [3.8, 4) is 0 Å². The van der Waals surface area contributed by atoms with Gasteiger partial charge in [0, 0.05) is 30.8 Å². The Bertz CT molecular complexity index is 255. The SMILES string of the molecule is Bc1nn(B)c2c1CNCC2. The van der Waals surface area contributed by atoms with E-state index in [4.69, 9.17) is 0 Å². The van der Waals surface area contributed by atoms with Crippen LogP contribution in [-0.4, -0.2) is 32.1 Å². The summed E-state index contributed by atoms with van der Waals surface area (Å²) in [6.07, 6.45) is 1.12. The highest BCUT2D eigenvalue weighted by Crippen LogP contribution is 2.08. The van der Waals surface area contributed by atoms with Crippen LogP contribution in [0.15, 0.2) is 0 Å². The zero-order chi connectivity index (χ0) is 7.84. The van der Waals surface area contributed by atoms with Gasteiger partial charge < -0.3 is 9.91 Å². The minimum atomic E-state index is 0.995. The summed E-state index contributed by atoms with van der Waals surface area (Å²) in [6.45, 7) is 2.08. The second-order valence-corrected chi connectivity index (χ2v) is 3.06. The fraction of sp³-hybridized carbons (Fsp3) is 0.500. The van der Waals surface area contributed by atoms with Crippen molar-refractivity contribution in [1.82, 2.24) is 15.0 Å². The molecule has 0 atom stereocenters. The molecule has 56 valence electrons. The number of hydrogen-bond acceptors (Lipinski definition) is 2. The van der Waals surface area contributed by atoms with Crippen molar-refractivity contribution >= 4 is 21.4 Å². The third kappa shape index (κ3) is 0.997. The van der Waals surface area contributed by atoms with Crippen LogP contribution < -0.4 is 10.9 Å². The molecule has 3 nitrogen and oxygen atoms in total. The maximum atomic E-state index is 4.37. The van der Waals surface area contributed by atoms with Crippen molar-refractivity contribution in [1.29, 1.82) is 0 Å². The van der Waals surface area contributed by atoms with Crippen LogP contribution in [0.3, 0.4) is 0 Å². The molecular weight excluding hydrogens is 136 g/mol. The van der Waals surface area contributed by atoms with E-state index in [-0.39, 0.29) is 0 Å². The third-order valence-corrected chi connectivity index (χ3v) is 2.32. The first-order valence-corrected chi connectivity index (χ1v) is 4.01. The first-order chi connectivity index (χ1) is 5.29. The van der Waals surface area contributed by atoms with Crippen LogP contribution in [0.5, 0.6) is 0 Å². The van der Waals surface area contributed by atoms with Crippen molar-refractivity contribution < 1.29 is 0 Å². The van der Waals surface area contributed by atoms with Gasteiger partial charge in [0.15, 0.2) is 7.85 Å². The van der Waals surface area contributed by atoms with Crippen LogP contribution >= 0.6 is 0 Å². The lowest BCUT2D eigenvalue weighted by molar-refractivity contribution is 0.632. The lowest BCUT2D eigenvalue weighted by Gasteiger charge is -2.13. The van der Waals surface area contributed by atoms with E-state index in [2.05, 4.69) is 18.3 Å². The van der Waals surface area contributed by atoms with Crippen LogP contribution in [0.2, 0.25) is 0 Å². The molecule has 0 spiro atoms. The van der Waals surface area contributed by atoms with Gasteiger partial charge in [-0.25, -0.2) is 5.10 Å². The quantitative estimate of drug-likeness (QED) is 0.401. The highest BCUT2D eigenvalue weighted by molar-refractivity contribution is 6.32. The van der Waals surface area contributed by atoms with Crippen LogP contribution in [0.4, 0.5) is 0 Å². The Morgan fingerprint density at radius 1 is 1.55 bits per heavy atom. The van der Waals surface area contributed by atoms with Crippen molar-refractivity contribution in [3.05, 3.63) is 11.3 Å². The van der Waals surface area contributed by atoms with Crippen LogP contribution in [0, 0.1) is 0 Å². The molecule has 2 rings (SSSR count). The molecule has 1 N–H and O–H groups in total. The summed E-state index contributed by atoms with van der Waals surface area (Å²) in [7, 11) is 4.10. The van der Waals surface area contributed by atoms with Gasteiger partial charge in [-0.2, -0.15) is 0 Å². The molecule has 1 aromatic rings. The predicted molar refractivity (Wildman–Crippen MR) is 49.8 cm³/mol. The molecule has 0 saturated carbocycles. The number of rotatable bonds is 0. The zero-order valence-corrected chi connectivity index (χ0v) is 7.02. The van der Waals surface area contributed by atoms with Crippen LogP contribution in [0.1, 0.15) is 11.3 Å². The van der Waals surface area contributed by atoms with Gasteiger partial charge in [-0.05, 0) is 5.56 Å². The molecule has 0 bridgehead atoms. The number of aromatic nitrogens is 2. The average molecular weight is 147 g/mol. The summed E-state index contributed by atoms with van der Waals surface area (Å²) < 4.78 is 2.01. The van der Waals surface area contributed by atoms with E-state index in [0.29, 0.717) is 0 Å². The van der Waals surface area contributed by atoms with Gasteiger partial charge in [0.1, 0.15) is 0 Å². The highest BCUT2D eigenvalue weighted by Gasteiger charge is 2.14. The highest BCUT2D eigenvalue weighted by atomic mass is 15.2. The molecule has 0 radical (unpaired) electrons. The summed E-state index contributed by atoms with van der Waals surface area (Å²) in [6, 6.07) is 0. The molecule has 0 saturated heterocycles. The Morgan fingerprint density at radius 3 is 3.09 bits per heavy atom. The van der Waals surface area contributed by atoms with E-state index >= 15 is 0 Å². The first-order valence-electron chi connectivity index (χ1n) is 4.01. The Balaban J connectivity index is 2.52. The molecule has 1 aliphatic rings. The van der Waals surface area contributed by atoms with E-state index in [1.54, 1.807) is 0 Å². The monoisotopic (exact) mass is 147 g/mol. The summed E-state index contributed by atoms with van der Waals surface area (Å²) in [4.78, 5) is 0. The van der Waals surface area contributed by atoms with Gasteiger partial charge in [0.2, 0.25) is 7.98 Å². The van der Waals surface area contributed by atoms with Crippen molar-refractivity contribution in [2.75, 3.05) is 6.54 Å². The Labute approximate surface area is 68.0 Å². The van der Waals surface area contributed by atoms with Gasteiger partial charge in [-0.3, -0.25) is 0 Å². The molecule has 1 aromatic heterocycles. The summed E-state index contributed by atoms with van der Waals surface area (Å²) >= 11 is 0. The molecule has 0 amide bonds. The molecule has 2 heterocycles. The molecule has 0 aromatic carbocycles. The van der Waals surface area contributed by atoms with E-state index in [0.717, 1.165) is 19.5 Å². The van der Waals surface area contributed by atoms with Crippen molar-refractivity contribution in [2.45, 2.75) is 13.0 Å². The minimum absolute atomic E-state index is 0.995. The number of nitrogens with zero attached hydrogens (tertiary/aromatic N) is 2. The van der Waals surface area contributed by atoms with Gasteiger partial charge in [0.25, 0.3) is 0 Å². The molecule has 0 unspecified atom stereocenters. The lowest BCUT2D eigenvalue weighted by Crippen LogP contribution is -2.27. The number of fused-ring (bicyclic) bond motifs is 1. The number of nitrogens with one attached hydrogen (secondary N) is 1. The molecule has 11 heavy (non-hydrogen) atoms. The fourth-order valence-electron chi connectivity index (χ4n) is 1.71. The van der Waals surface area contributed by atoms with E-state index in [1.165, 1.54) is 16.9 Å². The van der Waals surface area contributed by atoms with E-state index in [1.807, 2.05) is 12.6 Å². The molecule has 5 heteroatoms. The molecular formula is C6H11B2N3. The molecule has 0 fully saturated rings. The molecule has 0 aliphatic carbocycles. The lowest BCUT2D eigenvalue weighted by atomic mass is 9.95. The summed E-state index contributed by atoms with van der Waals surface area (Å²) in [5, 5.41) is 7.71. The third-order valence-electron chi connectivity index (χ3n) is 2.32. The first kappa shape index (κ1) is 6.98. The van der Waals surface area contributed by atoms with E-state index < -0.39 is 0 Å². The predicted octanol–water partition coefficient (Wildman–Crippen LogP) is -2.82. The standard InChI is InChI=1S/C6H11B2N3/c7-6-4-3-9-2-1-5(4)11(8)10-6/h9H,1-3,7-8H2. The second-order valence-electron chi connectivity index (χ2n) is 3.06. The Morgan fingerprint density at radius 2 is 2.36 bits per heavy atom. The summed E-state index contributed by atoms with van der Waals surface area (Å²) in [5.41, 5.74) is 3.98. The van der Waals surface area contributed by atoms with E-state index in [9.17, 15) is 0 Å². The largest absolute Gasteiger partial charge is 0.324 e. The van der Waals surface area contributed by atoms with Crippen LogP contribution in [0.25, 0.3) is 0 Å². The van der Waals surface area contributed by atoms with Gasteiger partial charge in [-0.15, -0.1) is 0 Å². The van der Waals surface area contributed by atoms with Gasteiger partial charge in [-0.1, -0.05) is 0 Å². The fourth-order valence-corrected chi connectivity index (χ4v) is 1.71. The second kappa shape index (κ2) is 2.41. The Kier molecular flexibility index (Phi) is 1.53. The normalized spacial score (nSPS) is 16.4. The smallest absolute Gasteiger partial charge is 0.249 e. The van der Waals surface area contributed by atoms with Gasteiger partial charge >= 0.3 is 0 Å². The zero-order valence-electron chi connectivity index (χ0n) is 7.02. The minimum Gasteiger partial charge on any atom is -0.324 e. The van der Waals surface area contributed by atoms with Crippen molar-refractivity contribution in [2.24, 2.45) is 0 Å². The number of hydrogen-bond donors (Lipinski definition) is 1. The van der Waals surface area contributed by atoms with Crippen molar-refractivity contribution in [3.63, 3.8) is 0 Å². The van der Waals surface area contributed by atoms with Gasteiger partial charge in [0.05, 0.1) is 0 Å². The molecule has 1 aliphatic heterocycles. The summed E-state index contributed by atoms with van der Waals surface area (Å²) in [5.74, 6) is 0. The van der Waals surface area contributed by atoms with Crippen LogP contribution in [-0.2, 0) is 13.0 Å². The maximum absolute atomic E-state index is 4.37. The average Bonchev–Trinajstić information content (AvgIpc) is 2.30. The Hall–Kier alpha value is -0.700. The topological polar surface area (TPSA) is 29.9 Å².